The van der Waals surface area contributed by atoms with E-state index in [2.05, 4.69) is 37.5 Å². The number of hydrogen-bond donors (Lipinski definition) is 2. The summed E-state index contributed by atoms with van der Waals surface area (Å²) in [6.45, 7) is 5.79. The molecule has 2 fully saturated rings. The van der Waals surface area contributed by atoms with E-state index in [0.29, 0.717) is 11.7 Å². The molecule has 9 heteroatoms. The van der Waals surface area contributed by atoms with Crippen molar-refractivity contribution in [2.45, 2.75) is 51.1 Å². The quantitative estimate of drug-likeness (QED) is 0.770. The van der Waals surface area contributed by atoms with E-state index in [4.69, 9.17) is 0 Å². The third-order valence-corrected chi connectivity index (χ3v) is 5.64. The molecule has 29 heavy (non-hydrogen) atoms. The standard InChI is InChI=1S/C20H29N7O.ClH/c1-2-15-11-19(23-14-22-15)26-9-4-5-16(13-26)24-20(28)18-7-10-27(25-18)17-6-3-8-21-12-17;/h7,10-11,14,16-17,21H,2-6,8-9,12-13H2,1H3,(H,24,28);1H. The molecule has 2 saturated heterocycles. The fraction of sp³-hybridized carbons (Fsp3) is 0.600. The molecule has 2 N–H and O–H groups in total. The van der Waals surface area contributed by atoms with Crippen molar-refractivity contribution in [3.63, 3.8) is 0 Å². The molecule has 2 aliphatic rings. The molecule has 2 atom stereocenters. The van der Waals surface area contributed by atoms with Crippen molar-refractivity contribution in [1.29, 1.82) is 0 Å². The lowest BCUT2D eigenvalue weighted by molar-refractivity contribution is 0.0926. The number of carbonyl (C=O) groups is 1. The number of halogens is 1. The molecule has 2 aromatic rings. The number of hydrogen-bond acceptors (Lipinski definition) is 6. The highest BCUT2D eigenvalue weighted by molar-refractivity contribution is 5.92. The minimum Gasteiger partial charge on any atom is -0.354 e. The Hall–Kier alpha value is -2.19. The first kappa shape index (κ1) is 21.5. The maximum absolute atomic E-state index is 12.7. The molecule has 0 spiro atoms. The van der Waals surface area contributed by atoms with Crippen LogP contribution >= 0.6 is 12.4 Å². The zero-order valence-corrected chi connectivity index (χ0v) is 17.7. The van der Waals surface area contributed by atoms with Crippen LogP contribution in [0.1, 0.15) is 54.8 Å². The second-order valence-corrected chi connectivity index (χ2v) is 7.66. The average Bonchev–Trinajstić information content (AvgIpc) is 3.25. The van der Waals surface area contributed by atoms with Crippen molar-refractivity contribution in [3.8, 4) is 0 Å². The maximum Gasteiger partial charge on any atom is 0.272 e. The summed E-state index contributed by atoms with van der Waals surface area (Å²) in [5.74, 6) is 0.853. The van der Waals surface area contributed by atoms with Crippen molar-refractivity contribution < 1.29 is 4.79 Å². The summed E-state index contributed by atoms with van der Waals surface area (Å²) in [5.41, 5.74) is 1.54. The summed E-state index contributed by atoms with van der Waals surface area (Å²) < 4.78 is 1.93. The van der Waals surface area contributed by atoms with Crippen molar-refractivity contribution >= 4 is 24.1 Å². The lowest BCUT2D eigenvalue weighted by Gasteiger charge is -2.33. The second kappa shape index (κ2) is 10.0. The number of aromatic nitrogens is 4. The van der Waals surface area contributed by atoms with E-state index >= 15 is 0 Å². The van der Waals surface area contributed by atoms with E-state index in [0.717, 1.165) is 69.8 Å². The normalized spacial score (nSPS) is 22.0. The zero-order chi connectivity index (χ0) is 19.3. The third kappa shape index (κ3) is 5.25. The largest absolute Gasteiger partial charge is 0.354 e. The molecule has 158 valence electrons. The molecule has 0 bridgehead atoms. The molecule has 2 aromatic heterocycles. The van der Waals surface area contributed by atoms with Gasteiger partial charge in [-0.1, -0.05) is 6.92 Å². The lowest BCUT2D eigenvalue weighted by Crippen LogP contribution is -2.48. The van der Waals surface area contributed by atoms with Gasteiger partial charge in [-0.25, -0.2) is 9.97 Å². The molecular weight excluding hydrogens is 390 g/mol. The molecular formula is C20H30ClN7O. The molecule has 2 unspecified atom stereocenters. The Morgan fingerprint density at radius 1 is 1.31 bits per heavy atom. The summed E-state index contributed by atoms with van der Waals surface area (Å²) in [5, 5.41) is 11.1. The first-order valence-corrected chi connectivity index (χ1v) is 10.4. The monoisotopic (exact) mass is 419 g/mol. The average molecular weight is 420 g/mol. The van der Waals surface area contributed by atoms with Crippen LogP contribution in [0.2, 0.25) is 0 Å². The summed E-state index contributed by atoms with van der Waals surface area (Å²) >= 11 is 0. The summed E-state index contributed by atoms with van der Waals surface area (Å²) in [7, 11) is 0. The Bertz CT molecular complexity index is 806. The van der Waals surface area contributed by atoms with Gasteiger partial charge in [0, 0.05) is 43.6 Å². The first-order chi connectivity index (χ1) is 13.7. The fourth-order valence-corrected chi connectivity index (χ4v) is 4.04. The van der Waals surface area contributed by atoms with Crippen molar-refractivity contribution in [2.24, 2.45) is 0 Å². The maximum atomic E-state index is 12.7. The van der Waals surface area contributed by atoms with Gasteiger partial charge in [0.2, 0.25) is 0 Å². The van der Waals surface area contributed by atoms with E-state index in [1.165, 1.54) is 0 Å². The molecule has 0 aliphatic carbocycles. The minimum absolute atomic E-state index is 0. The minimum atomic E-state index is -0.0914. The number of nitrogens with one attached hydrogen (secondary N) is 2. The van der Waals surface area contributed by atoms with Crippen LogP contribution in [0, 0.1) is 0 Å². The molecule has 8 nitrogen and oxygen atoms in total. The van der Waals surface area contributed by atoms with E-state index in [1.807, 2.05) is 23.0 Å². The van der Waals surface area contributed by atoms with Gasteiger partial charge in [-0.3, -0.25) is 9.48 Å². The third-order valence-electron chi connectivity index (χ3n) is 5.64. The molecule has 0 aromatic carbocycles. The number of aryl methyl sites for hydroxylation is 1. The Kier molecular flexibility index (Phi) is 7.44. The van der Waals surface area contributed by atoms with Gasteiger partial charge in [0.25, 0.3) is 5.91 Å². The van der Waals surface area contributed by atoms with Crippen molar-refractivity contribution in [1.82, 2.24) is 30.4 Å². The van der Waals surface area contributed by atoms with Gasteiger partial charge in [0.05, 0.1) is 6.04 Å². The van der Waals surface area contributed by atoms with Crippen LogP contribution in [-0.2, 0) is 6.42 Å². The van der Waals surface area contributed by atoms with E-state index in [9.17, 15) is 4.79 Å². The highest BCUT2D eigenvalue weighted by atomic mass is 35.5. The highest BCUT2D eigenvalue weighted by Crippen LogP contribution is 2.19. The van der Waals surface area contributed by atoms with Gasteiger partial charge in [-0.15, -0.1) is 12.4 Å². The molecule has 4 heterocycles. The summed E-state index contributed by atoms with van der Waals surface area (Å²) in [6, 6.07) is 4.31. The van der Waals surface area contributed by atoms with Gasteiger partial charge in [0.15, 0.2) is 0 Å². The van der Waals surface area contributed by atoms with Crippen LogP contribution in [0.5, 0.6) is 0 Å². The Balaban J connectivity index is 0.00000240. The van der Waals surface area contributed by atoms with Crippen LogP contribution in [0.4, 0.5) is 5.82 Å². The van der Waals surface area contributed by atoms with Gasteiger partial charge in [-0.2, -0.15) is 5.10 Å². The number of piperidine rings is 2. The number of amides is 1. The lowest BCUT2D eigenvalue weighted by atomic mass is 10.1. The highest BCUT2D eigenvalue weighted by Gasteiger charge is 2.24. The SMILES string of the molecule is CCc1cc(N2CCCC(NC(=O)c3ccn(C4CCCNC4)n3)C2)ncn1.Cl. The predicted molar refractivity (Wildman–Crippen MR) is 115 cm³/mol. The first-order valence-electron chi connectivity index (χ1n) is 10.4. The summed E-state index contributed by atoms with van der Waals surface area (Å²) in [4.78, 5) is 23.6. The smallest absolute Gasteiger partial charge is 0.272 e. The molecule has 0 radical (unpaired) electrons. The number of rotatable bonds is 5. The Labute approximate surface area is 177 Å². The van der Waals surface area contributed by atoms with Crippen molar-refractivity contribution in [2.75, 3.05) is 31.1 Å². The van der Waals surface area contributed by atoms with Crippen LogP contribution in [-0.4, -0.2) is 57.9 Å². The van der Waals surface area contributed by atoms with Crippen LogP contribution in [0.3, 0.4) is 0 Å². The fourth-order valence-electron chi connectivity index (χ4n) is 4.04. The van der Waals surface area contributed by atoms with Crippen LogP contribution < -0.4 is 15.5 Å². The number of carbonyl (C=O) groups excluding carboxylic acids is 1. The molecule has 4 rings (SSSR count). The van der Waals surface area contributed by atoms with Crippen molar-refractivity contribution in [3.05, 3.63) is 36.0 Å². The molecule has 1 amide bonds. The van der Waals surface area contributed by atoms with Gasteiger partial charge >= 0.3 is 0 Å². The zero-order valence-electron chi connectivity index (χ0n) is 16.9. The Morgan fingerprint density at radius 2 is 2.21 bits per heavy atom. The molecule has 2 aliphatic heterocycles. The van der Waals surface area contributed by atoms with E-state index in [1.54, 1.807) is 6.33 Å². The number of nitrogens with zero attached hydrogens (tertiary/aromatic N) is 5. The van der Waals surface area contributed by atoms with E-state index in [-0.39, 0.29) is 24.4 Å². The van der Waals surface area contributed by atoms with Crippen LogP contribution in [0.25, 0.3) is 0 Å². The van der Waals surface area contributed by atoms with E-state index < -0.39 is 0 Å². The van der Waals surface area contributed by atoms with Gasteiger partial charge in [0.1, 0.15) is 17.8 Å². The van der Waals surface area contributed by atoms with Crippen LogP contribution in [0.15, 0.2) is 24.7 Å². The van der Waals surface area contributed by atoms with Gasteiger partial charge < -0.3 is 15.5 Å². The predicted octanol–water partition coefficient (Wildman–Crippen LogP) is 1.98. The number of anilines is 1. The molecule has 0 saturated carbocycles. The summed E-state index contributed by atoms with van der Waals surface area (Å²) in [6.07, 6.45) is 8.69. The Morgan fingerprint density at radius 3 is 3.00 bits per heavy atom. The van der Waals surface area contributed by atoms with Gasteiger partial charge in [-0.05, 0) is 44.7 Å². The topological polar surface area (TPSA) is 88.0 Å². The second-order valence-electron chi connectivity index (χ2n) is 7.66.